The first-order valence-electron chi connectivity index (χ1n) is 13.2. The molecule has 31 heavy (non-hydrogen) atoms. The van der Waals surface area contributed by atoms with Crippen LogP contribution in [0.2, 0.25) is 0 Å². The van der Waals surface area contributed by atoms with Gasteiger partial charge in [0, 0.05) is 0 Å². The molecule has 0 saturated heterocycles. The fraction of sp³-hybridized carbons (Fsp3) is 0.786. The molecule has 3 fully saturated rings. The van der Waals surface area contributed by atoms with E-state index in [0.29, 0.717) is 5.56 Å². The zero-order valence-corrected chi connectivity index (χ0v) is 19.2. The molecule has 3 heteroatoms. The third-order valence-corrected chi connectivity index (χ3v) is 9.01. The van der Waals surface area contributed by atoms with Gasteiger partial charge in [0.05, 0.1) is 0 Å². The van der Waals surface area contributed by atoms with Gasteiger partial charge in [-0.05, 0) is 85.8 Å². The number of benzene rings is 1. The Hall–Kier alpha value is -0.990. The van der Waals surface area contributed by atoms with E-state index in [0.717, 1.165) is 49.4 Å². The number of hydrogen-bond donors (Lipinski definition) is 0. The summed E-state index contributed by atoms with van der Waals surface area (Å²) in [5, 5.41) is 0. The van der Waals surface area contributed by atoms with E-state index in [-0.39, 0.29) is 5.92 Å². The van der Waals surface area contributed by atoms with E-state index < -0.39 is 17.5 Å². The first-order valence-corrected chi connectivity index (χ1v) is 13.2. The number of unbranched alkanes of at least 4 members (excludes halogenated alkanes) is 2. The van der Waals surface area contributed by atoms with Gasteiger partial charge >= 0.3 is 0 Å². The average molecular weight is 435 g/mol. The Balaban J connectivity index is 1.12. The molecule has 0 bridgehead atoms. The van der Waals surface area contributed by atoms with Crippen molar-refractivity contribution in [1.29, 1.82) is 0 Å². The Morgan fingerprint density at radius 1 is 0.581 bits per heavy atom. The van der Waals surface area contributed by atoms with E-state index in [4.69, 9.17) is 0 Å². The predicted octanol–water partition coefficient (Wildman–Crippen LogP) is 9.32. The summed E-state index contributed by atoms with van der Waals surface area (Å²) in [5.41, 5.74) is 0.645. The molecule has 0 aliphatic heterocycles. The summed E-state index contributed by atoms with van der Waals surface area (Å²) >= 11 is 0. The monoisotopic (exact) mass is 434 g/mol. The van der Waals surface area contributed by atoms with Crippen LogP contribution in [0.1, 0.15) is 121 Å². The maximum atomic E-state index is 13.6. The van der Waals surface area contributed by atoms with Crippen molar-refractivity contribution in [3.05, 3.63) is 35.1 Å². The lowest BCUT2D eigenvalue weighted by molar-refractivity contribution is 0.155. The Bertz CT molecular complexity index is 654. The van der Waals surface area contributed by atoms with Crippen LogP contribution in [0.4, 0.5) is 13.2 Å². The van der Waals surface area contributed by atoms with Gasteiger partial charge < -0.3 is 0 Å². The lowest BCUT2D eigenvalue weighted by Crippen LogP contribution is -2.25. The van der Waals surface area contributed by atoms with Crippen molar-refractivity contribution in [3.63, 3.8) is 0 Å². The van der Waals surface area contributed by atoms with Crippen LogP contribution < -0.4 is 0 Å². The van der Waals surface area contributed by atoms with E-state index in [1.165, 1.54) is 95.6 Å². The molecule has 4 rings (SSSR count). The van der Waals surface area contributed by atoms with Gasteiger partial charge in [-0.15, -0.1) is 0 Å². The predicted molar refractivity (Wildman–Crippen MR) is 122 cm³/mol. The molecular formula is C28H41F3. The second-order valence-electron chi connectivity index (χ2n) is 11.0. The molecule has 0 unspecified atom stereocenters. The molecule has 0 amide bonds. The highest BCUT2D eigenvalue weighted by Crippen LogP contribution is 2.45. The minimum absolute atomic E-state index is 0.182. The molecule has 0 N–H and O–H groups in total. The number of halogens is 3. The molecular weight excluding hydrogens is 393 g/mol. The minimum atomic E-state index is -1.34. The summed E-state index contributed by atoms with van der Waals surface area (Å²) in [4.78, 5) is 0. The SMILES string of the molecule is Fc1cc([C@H]2CC[C@H]([C@H]3CC[C@H](CCCCCC4CCCC4)CC3)CC2)cc(F)c1F. The molecule has 0 aromatic heterocycles. The summed E-state index contributed by atoms with van der Waals surface area (Å²) < 4.78 is 40.4. The highest BCUT2D eigenvalue weighted by molar-refractivity contribution is 5.23. The lowest BCUT2D eigenvalue weighted by Gasteiger charge is -2.38. The average Bonchev–Trinajstić information content (AvgIpc) is 3.31. The van der Waals surface area contributed by atoms with E-state index in [9.17, 15) is 13.2 Å². The molecule has 174 valence electrons. The van der Waals surface area contributed by atoms with Crippen LogP contribution in [-0.2, 0) is 0 Å². The van der Waals surface area contributed by atoms with Crippen LogP contribution in [0.5, 0.6) is 0 Å². The summed E-state index contributed by atoms with van der Waals surface area (Å²) in [6.45, 7) is 0. The smallest absolute Gasteiger partial charge is 0.194 e. The fourth-order valence-electron chi connectivity index (χ4n) is 7.02. The summed E-state index contributed by atoms with van der Waals surface area (Å²) in [7, 11) is 0. The van der Waals surface area contributed by atoms with Gasteiger partial charge in [-0.1, -0.05) is 70.6 Å². The highest BCUT2D eigenvalue weighted by Gasteiger charge is 2.31. The molecule has 0 heterocycles. The van der Waals surface area contributed by atoms with Crippen molar-refractivity contribution in [2.24, 2.45) is 23.7 Å². The molecule has 1 aromatic rings. The van der Waals surface area contributed by atoms with E-state index in [1.807, 2.05) is 0 Å². The highest BCUT2D eigenvalue weighted by atomic mass is 19.2. The molecule has 3 aliphatic carbocycles. The van der Waals surface area contributed by atoms with Gasteiger partial charge in [-0.3, -0.25) is 0 Å². The van der Waals surface area contributed by atoms with Crippen molar-refractivity contribution in [2.45, 2.75) is 115 Å². The van der Waals surface area contributed by atoms with Crippen molar-refractivity contribution in [2.75, 3.05) is 0 Å². The molecule has 0 spiro atoms. The van der Waals surface area contributed by atoms with Crippen LogP contribution in [-0.4, -0.2) is 0 Å². The summed E-state index contributed by atoms with van der Waals surface area (Å²) in [6.07, 6.45) is 23.0. The molecule has 3 saturated carbocycles. The van der Waals surface area contributed by atoms with Crippen molar-refractivity contribution in [1.82, 2.24) is 0 Å². The van der Waals surface area contributed by atoms with Crippen LogP contribution in [0.25, 0.3) is 0 Å². The third kappa shape index (κ3) is 6.29. The second-order valence-corrected chi connectivity index (χ2v) is 11.0. The zero-order chi connectivity index (χ0) is 21.6. The van der Waals surface area contributed by atoms with Gasteiger partial charge in [0.25, 0.3) is 0 Å². The Morgan fingerprint density at radius 2 is 1.06 bits per heavy atom. The normalized spacial score (nSPS) is 30.0. The first kappa shape index (κ1) is 23.2. The Labute approximate surface area is 187 Å². The van der Waals surface area contributed by atoms with Crippen LogP contribution in [0.3, 0.4) is 0 Å². The van der Waals surface area contributed by atoms with E-state index >= 15 is 0 Å². The molecule has 0 radical (unpaired) electrons. The van der Waals surface area contributed by atoms with Gasteiger partial charge in [0.2, 0.25) is 0 Å². The topological polar surface area (TPSA) is 0 Å². The van der Waals surface area contributed by atoms with Gasteiger partial charge in [-0.25, -0.2) is 13.2 Å². The number of rotatable bonds is 8. The molecule has 1 aromatic carbocycles. The van der Waals surface area contributed by atoms with Gasteiger partial charge in [-0.2, -0.15) is 0 Å². The summed E-state index contributed by atoms with van der Waals surface area (Å²) in [5.74, 6) is 0.364. The standard InChI is InChI=1S/C28H41F3/c29-26-18-25(19-27(30)28(26)31)24-16-14-23(15-17-24)22-12-10-21(11-13-22)7-3-1-2-6-20-8-4-5-9-20/h18-24H,1-17H2/t21-,22-,23-,24-. The maximum Gasteiger partial charge on any atom is 0.194 e. The van der Waals surface area contributed by atoms with Crippen LogP contribution in [0.15, 0.2) is 12.1 Å². The van der Waals surface area contributed by atoms with Crippen LogP contribution >= 0.6 is 0 Å². The second kappa shape index (κ2) is 11.2. The molecule has 0 atom stereocenters. The van der Waals surface area contributed by atoms with Crippen molar-refractivity contribution >= 4 is 0 Å². The maximum absolute atomic E-state index is 13.6. The van der Waals surface area contributed by atoms with Gasteiger partial charge in [0.1, 0.15) is 0 Å². The minimum Gasteiger partial charge on any atom is -0.204 e. The summed E-state index contributed by atoms with van der Waals surface area (Å²) in [6, 6.07) is 2.42. The largest absolute Gasteiger partial charge is 0.204 e. The quantitative estimate of drug-likeness (QED) is 0.282. The Kier molecular flexibility index (Phi) is 8.40. The van der Waals surface area contributed by atoms with Crippen LogP contribution in [0, 0.1) is 41.1 Å². The molecule has 0 nitrogen and oxygen atoms in total. The van der Waals surface area contributed by atoms with Crippen molar-refractivity contribution < 1.29 is 13.2 Å². The third-order valence-electron chi connectivity index (χ3n) is 9.01. The van der Waals surface area contributed by atoms with Crippen molar-refractivity contribution in [3.8, 4) is 0 Å². The lowest BCUT2D eigenvalue weighted by atomic mass is 9.68. The first-order chi connectivity index (χ1) is 15.1. The van der Waals surface area contributed by atoms with E-state index in [1.54, 1.807) is 0 Å². The molecule has 3 aliphatic rings. The van der Waals surface area contributed by atoms with Gasteiger partial charge in [0.15, 0.2) is 17.5 Å². The zero-order valence-electron chi connectivity index (χ0n) is 19.2. The number of hydrogen-bond acceptors (Lipinski definition) is 0. The van der Waals surface area contributed by atoms with E-state index in [2.05, 4.69) is 0 Å². The fourth-order valence-corrected chi connectivity index (χ4v) is 7.02. The Morgan fingerprint density at radius 3 is 1.61 bits per heavy atom.